The monoisotopic (exact) mass is 278 g/mol. The molecule has 20 heavy (non-hydrogen) atoms. The quantitative estimate of drug-likeness (QED) is 0.774. The van der Waals surface area contributed by atoms with Gasteiger partial charge in [-0.05, 0) is 38.5 Å². The van der Waals surface area contributed by atoms with E-state index < -0.39 is 5.60 Å². The molecule has 0 N–H and O–H groups in total. The second-order valence-electron chi connectivity index (χ2n) is 5.69. The maximum absolute atomic E-state index is 11.9. The Morgan fingerprint density at radius 1 is 1.20 bits per heavy atom. The molecule has 1 aromatic heterocycles. The van der Waals surface area contributed by atoms with Gasteiger partial charge in [0.2, 0.25) is 5.91 Å². The summed E-state index contributed by atoms with van der Waals surface area (Å²) in [7, 11) is 1.72. The first-order valence-electron chi connectivity index (χ1n) is 6.62. The highest BCUT2D eigenvalue weighted by atomic mass is 16.6. The molecule has 0 aromatic carbocycles. The average Bonchev–Trinajstić information content (AvgIpc) is 2.35. The van der Waals surface area contributed by atoms with E-state index in [0.717, 1.165) is 5.56 Å². The number of hydrogen-bond donors (Lipinski definition) is 0. The van der Waals surface area contributed by atoms with Gasteiger partial charge >= 0.3 is 5.97 Å². The highest BCUT2D eigenvalue weighted by Crippen LogP contribution is 2.10. The van der Waals surface area contributed by atoms with Crippen molar-refractivity contribution < 1.29 is 14.3 Å². The van der Waals surface area contributed by atoms with Crippen molar-refractivity contribution in [2.75, 3.05) is 7.05 Å². The molecule has 0 aliphatic heterocycles. The van der Waals surface area contributed by atoms with Crippen LogP contribution in [0.3, 0.4) is 0 Å². The Labute approximate surface area is 119 Å². The lowest BCUT2D eigenvalue weighted by Gasteiger charge is -2.20. The second-order valence-corrected chi connectivity index (χ2v) is 5.69. The van der Waals surface area contributed by atoms with Crippen LogP contribution in [0, 0.1) is 0 Å². The minimum Gasteiger partial charge on any atom is -0.460 e. The van der Waals surface area contributed by atoms with E-state index in [1.54, 1.807) is 24.3 Å². The topological polar surface area (TPSA) is 59.5 Å². The zero-order chi connectivity index (χ0) is 15.2. The molecule has 0 atom stereocenters. The Hall–Kier alpha value is -1.91. The molecule has 0 saturated carbocycles. The number of carbonyl (C=O) groups excluding carboxylic acids is 2. The predicted octanol–water partition coefficient (Wildman–Crippen LogP) is 2.16. The Bertz CT molecular complexity index is 452. The van der Waals surface area contributed by atoms with E-state index in [4.69, 9.17) is 4.74 Å². The summed E-state index contributed by atoms with van der Waals surface area (Å²) in [6, 6.07) is 3.72. The number of pyridine rings is 1. The molecule has 1 amide bonds. The number of hydrogen-bond acceptors (Lipinski definition) is 4. The van der Waals surface area contributed by atoms with Gasteiger partial charge in [0, 0.05) is 32.4 Å². The Morgan fingerprint density at radius 2 is 1.80 bits per heavy atom. The lowest BCUT2D eigenvalue weighted by Crippen LogP contribution is -2.28. The molecule has 1 rings (SSSR count). The summed E-state index contributed by atoms with van der Waals surface area (Å²) in [6.45, 7) is 5.93. The summed E-state index contributed by atoms with van der Waals surface area (Å²) in [5, 5.41) is 0. The fourth-order valence-corrected chi connectivity index (χ4v) is 1.64. The molecular weight excluding hydrogens is 256 g/mol. The second kappa shape index (κ2) is 7.03. The summed E-state index contributed by atoms with van der Waals surface area (Å²) < 4.78 is 5.17. The standard InChI is InChI=1S/C15H22N2O3/c1-15(2,3)20-14(19)6-5-13(18)17(4)11-12-7-9-16-10-8-12/h7-10H,5-6,11H2,1-4H3. The van der Waals surface area contributed by atoms with Gasteiger partial charge < -0.3 is 9.64 Å². The molecule has 0 spiro atoms. The van der Waals surface area contributed by atoms with Crippen molar-refractivity contribution in [3.63, 3.8) is 0 Å². The number of esters is 1. The minimum absolute atomic E-state index is 0.0762. The number of ether oxygens (including phenoxy) is 1. The van der Waals surface area contributed by atoms with Crippen LogP contribution in [0.4, 0.5) is 0 Å². The third-order valence-electron chi connectivity index (χ3n) is 2.56. The van der Waals surface area contributed by atoms with Crippen molar-refractivity contribution in [2.24, 2.45) is 0 Å². The normalized spacial score (nSPS) is 11.0. The van der Waals surface area contributed by atoms with Crippen LogP contribution in [0.15, 0.2) is 24.5 Å². The van der Waals surface area contributed by atoms with Crippen LogP contribution in [0.2, 0.25) is 0 Å². The highest BCUT2D eigenvalue weighted by Gasteiger charge is 2.18. The SMILES string of the molecule is CN(Cc1ccncc1)C(=O)CCC(=O)OC(C)(C)C. The predicted molar refractivity (Wildman–Crippen MR) is 75.8 cm³/mol. The fraction of sp³-hybridized carbons (Fsp3) is 0.533. The van der Waals surface area contributed by atoms with Gasteiger partial charge in [0.15, 0.2) is 0 Å². The first-order chi connectivity index (χ1) is 9.28. The molecule has 0 bridgehead atoms. The number of aromatic nitrogens is 1. The molecule has 1 aromatic rings. The lowest BCUT2D eigenvalue weighted by molar-refractivity contribution is -0.156. The van der Waals surface area contributed by atoms with Gasteiger partial charge in [-0.15, -0.1) is 0 Å². The Balaban J connectivity index is 2.37. The molecule has 1 heterocycles. The van der Waals surface area contributed by atoms with Gasteiger partial charge in [-0.3, -0.25) is 14.6 Å². The van der Waals surface area contributed by atoms with E-state index in [9.17, 15) is 9.59 Å². The molecule has 110 valence electrons. The van der Waals surface area contributed by atoms with Gasteiger partial charge in [-0.1, -0.05) is 0 Å². The molecule has 5 nitrogen and oxygen atoms in total. The van der Waals surface area contributed by atoms with Gasteiger partial charge in [-0.2, -0.15) is 0 Å². The molecule has 0 aliphatic carbocycles. The van der Waals surface area contributed by atoms with E-state index in [2.05, 4.69) is 4.98 Å². The fourth-order valence-electron chi connectivity index (χ4n) is 1.64. The van der Waals surface area contributed by atoms with Crippen molar-refractivity contribution in [1.29, 1.82) is 0 Å². The lowest BCUT2D eigenvalue weighted by atomic mass is 10.2. The van der Waals surface area contributed by atoms with Gasteiger partial charge in [0.05, 0.1) is 6.42 Å². The average molecular weight is 278 g/mol. The number of carbonyl (C=O) groups is 2. The van der Waals surface area contributed by atoms with Crippen LogP contribution < -0.4 is 0 Å². The Kier molecular flexibility index (Phi) is 5.67. The third kappa shape index (κ3) is 6.31. The first-order valence-corrected chi connectivity index (χ1v) is 6.62. The third-order valence-corrected chi connectivity index (χ3v) is 2.56. The summed E-state index contributed by atoms with van der Waals surface area (Å²) in [5.74, 6) is -0.421. The summed E-state index contributed by atoms with van der Waals surface area (Å²) in [6.07, 6.45) is 3.65. The van der Waals surface area contributed by atoms with Crippen LogP contribution in [-0.2, 0) is 20.9 Å². The van der Waals surface area contributed by atoms with Crippen molar-refractivity contribution in [1.82, 2.24) is 9.88 Å². The van der Waals surface area contributed by atoms with E-state index in [-0.39, 0.29) is 24.7 Å². The highest BCUT2D eigenvalue weighted by molar-refractivity contribution is 5.81. The molecule has 5 heteroatoms. The number of amides is 1. The van der Waals surface area contributed by atoms with E-state index in [1.807, 2.05) is 32.9 Å². The number of rotatable bonds is 5. The van der Waals surface area contributed by atoms with E-state index in [0.29, 0.717) is 6.54 Å². The van der Waals surface area contributed by atoms with Gasteiger partial charge in [0.25, 0.3) is 0 Å². The maximum Gasteiger partial charge on any atom is 0.306 e. The Morgan fingerprint density at radius 3 is 2.35 bits per heavy atom. The van der Waals surface area contributed by atoms with Crippen LogP contribution in [0.5, 0.6) is 0 Å². The van der Waals surface area contributed by atoms with Crippen LogP contribution in [0.1, 0.15) is 39.2 Å². The maximum atomic E-state index is 11.9. The van der Waals surface area contributed by atoms with Crippen LogP contribution in [-0.4, -0.2) is 34.4 Å². The minimum atomic E-state index is -0.511. The van der Waals surface area contributed by atoms with Crippen LogP contribution in [0.25, 0.3) is 0 Å². The summed E-state index contributed by atoms with van der Waals surface area (Å²) in [5.41, 5.74) is 0.497. The number of nitrogens with zero attached hydrogens (tertiary/aromatic N) is 2. The molecular formula is C15H22N2O3. The van der Waals surface area contributed by atoms with Gasteiger partial charge in [-0.25, -0.2) is 0 Å². The molecule has 0 aliphatic rings. The smallest absolute Gasteiger partial charge is 0.306 e. The van der Waals surface area contributed by atoms with E-state index in [1.165, 1.54) is 0 Å². The molecule has 0 fully saturated rings. The van der Waals surface area contributed by atoms with Crippen molar-refractivity contribution >= 4 is 11.9 Å². The van der Waals surface area contributed by atoms with Crippen molar-refractivity contribution in [3.05, 3.63) is 30.1 Å². The first kappa shape index (κ1) is 16.1. The zero-order valence-corrected chi connectivity index (χ0v) is 12.5. The van der Waals surface area contributed by atoms with Gasteiger partial charge in [0.1, 0.15) is 5.60 Å². The molecule has 0 radical (unpaired) electrons. The summed E-state index contributed by atoms with van der Waals surface area (Å²) >= 11 is 0. The largest absolute Gasteiger partial charge is 0.460 e. The van der Waals surface area contributed by atoms with E-state index >= 15 is 0 Å². The zero-order valence-electron chi connectivity index (χ0n) is 12.5. The van der Waals surface area contributed by atoms with Crippen LogP contribution >= 0.6 is 0 Å². The molecule has 0 saturated heterocycles. The molecule has 0 unspecified atom stereocenters. The van der Waals surface area contributed by atoms with Crippen molar-refractivity contribution in [3.8, 4) is 0 Å². The van der Waals surface area contributed by atoms with Crippen molar-refractivity contribution in [2.45, 2.75) is 45.8 Å². The summed E-state index contributed by atoms with van der Waals surface area (Å²) in [4.78, 5) is 29.0.